The Morgan fingerprint density at radius 1 is 1.17 bits per heavy atom. The fourth-order valence-electron chi connectivity index (χ4n) is 3.46. The van der Waals surface area contributed by atoms with Gasteiger partial charge in [0.05, 0.1) is 10.9 Å². The second-order valence-electron chi connectivity index (χ2n) is 6.36. The number of likely N-dealkylation sites (tertiary alicyclic amines) is 1. The number of carbonyl (C=O) groups excluding carboxylic acids is 1. The first-order valence-electron chi connectivity index (χ1n) is 8.15. The first-order chi connectivity index (χ1) is 11.2. The number of thiophene rings is 1. The van der Waals surface area contributed by atoms with Crippen LogP contribution in [0, 0.1) is 5.92 Å². The second kappa shape index (κ2) is 5.92. The third-order valence-electron chi connectivity index (χ3n) is 4.82. The van der Waals surface area contributed by atoms with Crippen LogP contribution >= 0.6 is 11.3 Å². The Bertz CT molecular complexity index is 756. The summed E-state index contributed by atoms with van der Waals surface area (Å²) < 4.78 is 1.55. The molecule has 0 N–H and O–H groups in total. The van der Waals surface area contributed by atoms with Crippen molar-refractivity contribution in [1.82, 2.24) is 14.7 Å². The third-order valence-corrected chi connectivity index (χ3v) is 5.72. The Hall–Kier alpha value is -1.95. The summed E-state index contributed by atoms with van der Waals surface area (Å²) >= 11 is 1.61. The molecule has 0 spiro atoms. The zero-order valence-corrected chi connectivity index (χ0v) is 13.7. The van der Waals surface area contributed by atoms with Crippen LogP contribution in [-0.4, -0.2) is 33.7 Å². The maximum Gasteiger partial charge on any atom is 0.267 e. The number of nitrogens with zero attached hydrogens (tertiary/aromatic N) is 3. The first-order valence-corrected chi connectivity index (χ1v) is 9.03. The molecule has 120 valence electrons. The number of hydrogen-bond donors (Lipinski definition) is 0. The predicted octanol–water partition coefficient (Wildman–Crippen LogP) is 2.55. The molecule has 6 heteroatoms. The van der Waals surface area contributed by atoms with Gasteiger partial charge in [-0.1, -0.05) is 18.9 Å². The Balaban J connectivity index is 1.48. The standard InChI is InChI=1S/C17H19N3O2S/c21-16-8-7-14(15-6-3-9-23-15)18-20(16)13-10-19(11-13)17(22)12-4-1-2-5-12/h3,6-9,12-13H,1-2,4-5,10-11H2. The van der Waals surface area contributed by atoms with Gasteiger partial charge in [0.15, 0.2) is 0 Å². The van der Waals surface area contributed by atoms with Crippen molar-refractivity contribution in [2.75, 3.05) is 13.1 Å². The van der Waals surface area contributed by atoms with E-state index in [4.69, 9.17) is 0 Å². The molecule has 1 aliphatic heterocycles. The molecule has 0 aromatic carbocycles. The molecule has 0 bridgehead atoms. The summed E-state index contributed by atoms with van der Waals surface area (Å²) in [7, 11) is 0. The lowest BCUT2D eigenvalue weighted by Gasteiger charge is -2.40. The smallest absolute Gasteiger partial charge is 0.267 e. The van der Waals surface area contributed by atoms with Gasteiger partial charge in [-0.2, -0.15) is 5.10 Å². The summed E-state index contributed by atoms with van der Waals surface area (Å²) in [4.78, 5) is 27.4. The highest BCUT2D eigenvalue weighted by atomic mass is 32.1. The van der Waals surface area contributed by atoms with E-state index in [9.17, 15) is 9.59 Å². The van der Waals surface area contributed by atoms with Crippen molar-refractivity contribution in [1.29, 1.82) is 0 Å². The van der Waals surface area contributed by atoms with E-state index in [2.05, 4.69) is 5.10 Å². The van der Waals surface area contributed by atoms with Crippen molar-refractivity contribution in [3.8, 4) is 10.6 Å². The number of hydrogen-bond acceptors (Lipinski definition) is 4. The maximum atomic E-state index is 12.4. The van der Waals surface area contributed by atoms with Crippen LogP contribution in [0.1, 0.15) is 31.7 Å². The van der Waals surface area contributed by atoms with Crippen LogP contribution in [0.15, 0.2) is 34.4 Å². The predicted molar refractivity (Wildman–Crippen MR) is 89.4 cm³/mol. The van der Waals surface area contributed by atoms with E-state index >= 15 is 0 Å². The Morgan fingerprint density at radius 3 is 2.65 bits per heavy atom. The van der Waals surface area contributed by atoms with Crippen molar-refractivity contribution < 1.29 is 4.79 Å². The molecule has 2 aromatic heterocycles. The van der Waals surface area contributed by atoms with E-state index < -0.39 is 0 Å². The van der Waals surface area contributed by atoms with Crippen molar-refractivity contribution in [3.63, 3.8) is 0 Å². The van der Waals surface area contributed by atoms with E-state index in [0.29, 0.717) is 13.1 Å². The minimum atomic E-state index is -0.0942. The molecule has 2 fully saturated rings. The van der Waals surface area contributed by atoms with E-state index in [0.717, 1.165) is 36.3 Å². The number of amides is 1. The van der Waals surface area contributed by atoms with Gasteiger partial charge in [-0.15, -0.1) is 11.3 Å². The van der Waals surface area contributed by atoms with Crippen LogP contribution in [0.4, 0.5) is 0 Å². The summed E-state index contributed by atoms with van der Waals surface area (Å²) in [5.41, 5.74) is 0.725. The van der Waals surface area contributed by atoms with E-state index in [1.165, 1.54) is 0 Å². The molecular formula is C17H19N3O2S. The van der Waals surface area contributed by atoms with Crippen LogP contribution in [0.25, 0.3) is 10.6 Å². The minimum Gasteiger partial charge on any atom is -0.338 e. The molecule has 0 unspecified atom stereocenters. The lowest BCUT2D eigenvalue weighted by Crippen LogP contribution is -2.54. The van der Waals surface area contributed by atoms with Crippen molar-refractivity contribution in [2.24, 2.45) is 5.92 Å². The van der Waals surface area contributed by atoms with E-state index in [1.807, 2.05) is 22.4 Å². The molecule has 0 radical (unpaired) electrons. The highest BCUT2D eigenvalue weighted by Crippen LogP contribution is 2.30. The van der Waals surface area contributed by atoms with Gasteiger partial charge < -0.3 is 4.90 Å². The lowest BCUT2D eigenvalue weighted by atomic mass is 10.0. The summed E-state index contributed by atoms with van der Waals surface area (Å²) in [6.07, 6.45) is 4.37. The zero-order valence-electron chi connectivity index (χ0n) is 12.9. The van der Waals surface area contributed by atoms with Gasteiger partial charge in [0.25, 0.3) is 5.56 Å². The van der Waals surface area contributed by atoms with Gasteiger partial charge in [-0.25, -0.2) is 4.68 Å². The first kappa shape index (κ1) is 14.6. The molecule has 3 heterocycles. The summed E-state index contributed by atoms with van der Waals surface area (Å²) in [6, 6.07) is 7.32. The Kier molecular flexibility index (Phi) is 3.77. The quantitative estimate of drug-likeness (QED) is 0.869. The molecule has 4 rings (SSSR count). The van der Waals surface area contributed by atoms with Crippen LogP contribution in [0.2, 0.25) is 0 Å². The Morgan fingerprint density at radius 2 is 1.96 bits per heavy atom. The molecule has 2 aliphatic rings. The third kappa shape index (κ3) is 2.72. The molecule has 23 heavy (non-hydrogen) atoms. The minimum absolute atomic E-state index is 0.00719. The van der Waals surface area contributed by atoms with Crippen LogP contribution in [0.5, 0.6) is 0 Å². The Labute approximate surface area is 138 Å². The highest BCUT2D eigenvalue weighted by molar-refractivity contribution is 7.13. The van der Waals surface area contributed by atoms with Gasteiger partial charge in [0, 0.05) is 25.1 Å². The highest BCUT2D eigenvalue weighted by Gasteiger charge is 2.37. The maximum absolute atomic E-state index is 12.4. The second-order valence-corrected chi connectivity index (χ2v) is 7.30. The molecule has 1 saturated carbocycles. The zero-order chi connectivity index (χ0) is 15.8. The van der Waals surface area contributed by atoms with E-state index in [-0.39, 0.29) is 23.4 Å². The lowest BCUT2D eigenvalue weighted by molar-refractivity contribution is -0.141. The molecule has 0 atom stereocenters. The van der Waals surface area contributed by atoms with Gasteiger partial charge in [-0.3, -0.25) is 9.59 Å². The van der Waals surface area contributed by atoms with Gasteiger partial charge >= 0.3 is 0 Å². The largest absolute Gasteiger partial charge is 0.338 e. The average molecular weight is 329 g/mol. The molecule has 1 aliphatic carbocycles. The van der Waals surface area contributed by atoms with E-state index in [1.54, 1.807) is 28.2 Å². The van der Waals surface area contributed by atoms with Crippen molar-refractivity contribution >= 4 is 17.2 Å². The van der Waals surface area contributed by atoms with Gasteiger partial charge in [0.2, 0.25) is 5.91 Å². The van der Waals surface area contributed by atoms with Crippen molar-refractivity contribution in [2.45, 2.75) is 31.7 Å². The topological polar surface area (TPSA) is 55.2 Å². The number of carbonyl (C=O) groups is 1. The normalized spacial score (nSPS) is 19.0. The average Bonchev–Trinajstić information content (AvgIpc) is 3.21. The monoisotopic (exact) mass is 329 g/mol. The van der Waals surface area contributed by atoms with Crippen LogP contribution in [-0.2, 0) is 4.79 Å². The fraction of sp³-hybridized carbons (Fsp3) is 0.471. The SMILES string of the molecule is O=C(C1CCCC1)N1CC(n2nc(-c3cccs3)ccc2=O)C1. The molecule has 1 saturated heterocycles. The van der Waals surface area contributed by atoms with Gasteiger partial charge in [-0.05, 0) is 30.4 Å². The van der Waals surface area contributed by atoms with Crippen molar-refractivity contribution in [3.05, 3.63) is 40.0 Å². The number of rotatable bonds is 3. The molecule has 2 aromatic rings. The molecule has 5 nitrogen and oxygen atoms in total. The van der Waals surface area contributed by atoms with Gasteiger partial charge in [0.1, 0.15) is 5.69 Å². The van der Waals surface area contributed by atoms with Crippen LogP contribution in [0.3, 0.4) is 0 Å². The summed E-state index contributed by atoms with van der Waals surface area (Å²) in [5.74, 6) is 0.472. The molecular weight excluding hydrogens is 310 g/mol. The number of aromatic nitrogens is 2. The fourth-order valence-corrected chi connectivity index (χ4v) is 4.15. The summed E-state index contributed by atoms with van der Waals surface area (Å²) in [5, 5.41) is 6.50. The molecule has 1 amide bonds. The van der Waals surface area contributed by atoms with Crippen LogP contribution < -0.4 is 5.56 Å². The summed E-state index contributed by atoms with van der Waals surface area (Å²) in [6.45, 7) is 1.21.